The smallest absolute Gasteiger partial charge is 0.310 e. The van der Waals surface area contributed by atoms with E-state index in [-0.39, 0.29) is 35.6 Å². The van der Waals surface area contributed by atoms with Gasteiger partial charge in [-0.05, 0) is 67.1 Å². The molecule has 1 aliphatic carbocycles. The Morgan fingerprint density at radius 3 is 2.48 bits per heavy atom. The average molecular weight is 366 g/mol. The SMILES string of the molecule is CC(C)=C[C@H]1[C@@H](C(=O)OCc2cccc(Oc3ccc(O)cc3)c2)C1(C)C. The van der Waals surface area contributed by atoms with Gasteiger partial charge >= 0.3 is 5.97 Å². The molecule has 2 atom stereocenters. The Kier molecular flexibility index (Phi) is 5.26. The van der Waals surface area contributed by atoms with Crippen molar-refractivity contribution >= 4 is 5.97 Å². The molecule has 4 heteroatoms. The molecule has 0 aliphatic heterocycles. The second-order valence-corrected chi connectivity index (χ2v) is 7.92. The van der Waals surface area contributed by atoms with Crippen molar-refractivity contribution < 1.29 is 19.4 Å². The number of carbonyl (C=O) groups is 1. The molecule has 1 aliphatic rings. The number of rotatable bonds is 6. The molecule has 0 radical (unpaired) electrons. The van der Waals surface area contributed by atoms with Gasteiger partial charge in [-0.2, -0.15) is 0 Å². The molecular formula is C23H26O4. The van der Waals surface area contributed by atoms with Crippen molar-refractivity contribution in [2.75, 3.05) is 0 Å². The molecule has 2 aromatic rings. The maximum absolute atomic E-state index is 12.5. The fourth-order valence-corrected chi connectivity index (χ4v) is 3.39. The first-order valence-electron chi connectivity index (χ1n) is 9.15. The van der Waals surface area contributed by atoms with Gasteiger partial charge in [-0.25, -0.2) is 0 Å². The van der Waals surface area contributed by atoms with E-state index in [1.54, 1.807) is 24.3 Å². The van der Waals surface area contributed by atoms with Crippen molar-refractivity contribution in [3.8, 4) is 17.2 Å². The third kappa shape index (κ3) is 4.51. The zero-order chi connectivity index (χ0) is 19.6. The van der Waals surface area contributed by atoms with Crippen LogP contribution >= 0.6 is 0 Å². The third-order valence-corrected chi connectivity index (χ3v) is 5.03. The molecule has 0 aromatic heterocycles. The molecule has 27 heavy (non-hydrogen) atoms. The predicted octanol–water partition coefficient (Wildman–Crippen LogP) is 5.47. The fraction of sp³-hybridized carbons (Fsp3) is 0.348. The molecule has 0 bridgehead atoms. The summed E-state index contributed by atoms with van der Waals surface area (Å²) >= 11 is 0. The van der Waals surface area contributed by atoms with Crippen LogP contribution in [0.2, 0.25) is 0 Å². The number of benzene rings is 2. The van der Waals surface area contributed by atoms with Crippen LogP contribution in [-0.2, 0) is 16.1 Å². The van der Waals surface area contributed by atoms with Crippen LogP contribution in [0.25, 0.3) is 0 Å². The van der Waals surface area contributed by atoms with E-state index < -0.39 is 0 Å². The van der Waals surface area contributed by atoms with Crippen molar-refractivity contribution in [1.29, 1.82) is 0 Å². The van der Waals surface area contributed by atoms with Gasteiger partial charge in [0.1, 0.15) is 23.9 Å². The third-order valence-electron chi connectivity index (χ3n) is 5.03. The Morgan fingerprint density at radius 1 is 1.11 bits per heavy atom. The van der Waals surface area contributed by atoms with Gasteiger partial charge in [-0.3, -0.25) is 4.79 Å². The summed E-state index contributed by atoms with van der Waals surface area (Å²) in [6, 6.07) is 14.0. The summed E-state index contributed by atoms with van der Waals surface area (Å²) < 4.78 is 11.3. The summed E-state index contributed by atoms with van der Waals surface area (Å²) in [7, 11) is 0. The van der Waals surface area contributed by atoms with Crippen LogP contribution in [0.1, 0.15) is 33.3 Å². The van der Waals surface area contributed by atoms with Crippen LogP contribution in [0.5, 0.6) is 17.2 Å². The van der Waals surface area contributed by atoms with Gasteiger partial charge in [0.25, 0.3) is 0 Å². The minimum absolute atomic E-state index is 0.0435. The maximum atomic E-state index is 12.5. The molecule has 4 nitrogen and oxygen atoms in total. The minimum Gasteiger partial charge on any atom is -0.508 e. The van der Waals surface area contributed by atoms with E-state index in [0.29, 0.717) is 11.5 Å². The first kappa shape index (κ1) is 19.0. The number of aromatic hydroxyl groups is 1. The molecule has 0 heterocycles. The van der Waals surface area contributed by atoms with Gasteiger partial charge in [0.05, 0.1) is 5.92 Å². The molecule has 2 aromatic carbocycles. The molecule has 0 unspecified atom stereocenters. The Balaban J connectivity index is 1.59. The quantitative estimate of drug-likeness (QED) is 0.544. The number of esters is 1. The largest absolute Gasteiger partial charge is 0.508 e. The number of ether oxygens (including phenoxy) is 2. The lowest BCUT2D eigenvalue weighted by atomic mass is 10.1. The highest BCUT2D eigenvalue weighted by atomic mass is 16.5. The molecular weight excluding hydrogens is 340 g/mol. The fourth-order valence-electron chi connectivity index (χ4n) is 3.39. The number of hydrogen-bond donors (Lipinski definition) is 1. The summed E-state index contributed by atoms with van der Waals surface area (Å²) in [5.74, 6) is 1.50. The van der Waals surface area contributed by atoms with E-state index in [0.717, 1.165) is 5.56 Å². The Bertz CT molecular complexity index is 845. The summed E-state index contributed by atoms with van der Waals surface area (Å²) in [6.07, 6.45) is 2.16. The highest BCUT2D eigenvalue weighted by Gasteiger charge is 2.61. The first-order valence-corrected chi connectivity index (χ1v) is 9.15. The van der Waals surface area contributed by atoms with Crippen LogP contribution < -0.4 is 4.74 Å². The van der Waals surface area contributed by atoms with Gasteiger partial charge in [-0.15, -0.1) is 0 Å². The molecule has 0 saturated heterocycles. The van der Waals surface area contributed by atoms with Crippen molar-refractivity contribution in [3.63, 3.8) is 0 Å². The van der Waals surface area contributed by atoms with Crippen LogP contribution in [0.15, 0.2) is 60.2 Å². The van der Waals surface area contributed by atoms with E-state index >= 15 is 0 Å². The lowest BCUT2D eigenvalue weighted by Gasteiger charge is -2.09. The normalized spacial score (nSPS) is 19.9. The topological polar surface area (TPSA) is 55.8 Å². The summed E-state index contributed by atoms with van der Waals surface area (Å²) in [5.41, 5.74) is 2.05. The summed E-state index contributed by atoms with van der Waals surface area (Å²) in [6.45, 7) is 8.54. The van der Waals surface area contributed by atoms with Crippen molar-refractivity contribution in [2.45, 2.75) is 34.3 Å². The van der Waals surface area contributed by atoms with Crippen molar-refractivity contribution in [2.24, 2.45) is 17.3 Å². The summed E-state index contributed by atoms with van der Waals surface area (Å²) in [5, 5.41) is 9.33. The van der Waals surface area contributed by atoms with E-state index in [1.165, 1.54) is 5.57 Å². The van der Waals surface area contributed by atoms with E-state index in [9.17, 15) is 9.90 Å². The minimum atomic E-state index is -0.146. The molecule has 0 spiro atoms. The molecule has 1 N–H and O–H groups in total. The van der Waals surface area contributed by atoms with Gasteiger partial charge in [-0.1, -0.05) is 37.6 Å². The number of phenols is 1. The van der Waals surface area contributed by atoms with Gasteiger partial charge in [0.2, 0.25) is 0 Å². The lowest BCUT2D eigenvalue weighted by molar-refractivity contribution is -0.147. The molecule has 1 fully saturated rings. The van der Waals surface area contributed by atoms with Crippen LogP contribution in [0.4, 0.5) is 0 Å². The Labute approximate surface area is 160 Å². The van der Waals surface area contributed by atoms with Gasteiger partial charge in [0.15, 0.2) is 0 Å². The van der Waals surface area contributed by atoms with Crippen LogP contribution in [-0.4, -0.2) is 11.1 Å². The second-order valence-electron chi connectivity index (χ2n) is 7.92. The van der Waals surface area contributed by atoms with E-state index in [4.69, 9.17) is 9.47 Å². The van der Waals surface area contributed by atoms with Crippen LogP contribution in [0, 0.1) is 17.3 Å². The number of phenolic OH excluding ortho intramolecular Hbond substituents is 1. The Morgan fingerprint density at radius 2 is 1.81 bits per heavy atom. The molecule has 3 rings (SSSR count). The van der Waals surface area contributed by atoms with Crippen LogP contribution in [0.3, 0.4) is 0 Å². The standard InChI is InChI=1S/C23H26O4/c1-15(2)12-20-21(23(20,3)4)22(25)26-14-16-6-5-7-19(13-16)27-18-10-8-17(24)9-11-18/h5-13,20-21,24H,14H2,1-4H3/t20-,21-/m0/s1. The van der Waals surface area contributed by atoms with E-state index in [2.05, 4.69) is 33.8 Å². The van der Waals surface area contributed by atoms with E-state index in [1.807, 2.05) is 24.3 Å². The molecule has 142 valence electrons. The highest BCUT2D eigenvalue weighted by molar-refractivity contribution is 5.78. The first-order chi connectivity index (χ1) is 12.8. The second kappa shape index (κ2) is 7.47. The maximum Gasteiger partial charge on any atom is 0.310 e. The van der Waals surface area contributed by atoms with Gasteiger partial charge in [0, 0.05) is 0 Å². The monoisotopic (exact) mass is 366 g/mol. The molecule has 0 amide bonds. The number of allylic oxidation sites excluding steroid dienone is 2. The lowest BCUT2D eigenvalue weighted by Crippen LogP contribution is -2.10. The Hall–Kier alpha value is -2.75. The van der Waals surface area contributed by atoms with Crippen molar-refractivity contribution in [1.82, 2.24) is 0 Å². The zero-order valence-corrected chi connectivity index (χ0v) is 16.2. The zero-order valence-electron chi connectivity index (χ0n) is 16.2. The number of carbonyl (C=O) groups excluding carboxylic acids is 1. The highest BCUT2D eigenvalue weighted by Crippen LogP contribution is 2.59. The average Bonchev–Trinajstić information content (AvgIpc) is 3.14. The number of hydrogen-bond acceptors (Lipinski definition) is 4. The van der Waals surface area contributed by atoms with Gasteiger partial charge < -0.3 is 14.6 Å². The predicted molar refractivity (Wildman–Crippen MR) is 105 cm³/mol. The molecule has 1 saturated carbocycles. The summed E-state index contributed by atoms with van der Waals surface area (Å²) in [4.78, 5) is 12.5. The van der Waals surface area contributed by atoms with Crippen molar-refractivity contribution in [3.05, 3.63) is 65.7 Å².